The molecule has 13 heteroatoms. The van der Waals surface area contributed by atoms with Crippen LogP contribution in [0.3, 0.4) is 0 Å². The van der Waals surface area contributed by atoms with Crippen molar-refractivity contribution in [2.24, 2.45) is 0 Å². The molecule has 0 radical (unpaired) electrons. The maximum atomic E-state index is 13.8. The van der Waals surface area contributed by atoms with Crippen LogP contribution in [-0.4, -0.2) is 27.8 Å². The van der Waals surface area contributed by atoms with Gasteiger partial charge < -0.3 is 5.32 Å². The quantitative estimate of drug-likeness (QED) is 0.277. The van der Waals surface area contributed by atoms with Crippen LogP contribution >= 0.6 is 34.7 Å². The molecule has 0 aliphatic rings. The highest BCUT2D eigenvalue weighted by Gasteiger charge is 2.33. The summed E-state index contributed by atoms with van der Waals surface area (Å²) in [6, 6.07) is 8.40. The molecular weight excluding hydrogens is 480 g/mol. The molecule has 1 heterocycles. The topological polar surface area (TPSA) is 84.0 Å². The first kappa shape index (κ1) is 23.0. The van der Waals surface area contributed by atoms with Crippen molar-refractivity contribution in [2.45, 2.75) is 10.5 Å². The molecule has 2 aromatic carbocycles. The monoisotopic (exact) mass is 490 g/mol. The van der Waals surface area contributed by atoms with Crippen LogP contribution < -0.4 is 10.6 Å². The van der Waals surface area contributed by atoms with Crippen LogP contribution in [0, 0.1) is 5.82 Å². The second-order valence-corrected chi connectivity index (χ2v) is 8.41. The fourth-order valence-electron chi connectivity index (χ4n) is 2.35. The number of amides is 2. The third-order valence-corrected chi connectivity index (χ3v) is 5.94. The van der Waals surface area contributed by atoms with Gasteiger partial charge in [-0.25, -0.2) is 4.39 Å². The van der Waals surface area contributed by atoms with Crippen molar-refractivity contribution in [3.8, 4) is 0 Å². The number of carbonyl (C=O) groups excluding carboxylic acids is 2. The molecule has 2 N–H and O–H groups in total. The molecule has 0 aliphatic carbocycles. The van der Waals surface area contributed by atoms with Crippen LogP contribution in [0.15, 0.2) is 46.8 Å². The van der Waals surface area contributed by atoms with Gasteiger partial charge in [-0.15, -0.1) is 10.2 Å². The lowest BCUT2D eigenvalue weighted by molar-refractivity contribution is -0.137. The minimum atomic E-state index is -4.61. The number of carbonyl (C=O) groups is 2. The van der Waals surface area contributed by atoms with Gasteiger partial charge in [0.1, 0.15) is 5.82 Å². The first-order valence-electron chi connectivity index (χ1n) is 8.33. The van der Waals surface area contributed by atoms with Crippen molar-refractivity contribution < 1.29 is 27.2 Å². The highest BCUT2D eigenvalue weighted by atomic mass is 35.5. The number of nitrogens with zero attached hydrogens (tertiary/aromatic N) is 2. The van der Waals surface area contributed by atoms with E-state index in [0.717, 1.165) is 41.3 Å². The summed E-state index contributed by atoms with van der Waals surface area (Å²) in [5.74, 6) is -2.55. The Bertz CT molecular complexity index is 1100. The van der Waals surface area contributed by atoms with Crippen molar-refractivity contribution in [3.05, 3.63) is 64.4 Å². The number of rotatable bonds is 6. The van der Waals surface area contributed by atoms with Crippen molar-refractivity contribution in [3.63, 3.8) is 0 Å². The fraction of sp³-hybridized carbons (Fsp3) is 0.111. The molecule has 31 heavy (non-hydrogen) atoms. The van der Waals surface area contributed by atoms with E-state index in [2.05, 4.69) is 20.8 Å². The maximum absolute atomic E-state index is 13.8. The third-order valence-electron chi connectivity index (χ3n) is 3.65. The molecule has 0 spiro atoms. The highest BCUT2D eigenvalue weighted by molar-refractivity contribution is 8.01. The van der Waals surface area contributed by atoms with E-state index in [1.165, 1.54) is 24.3 Å². The zero-order valence-corrected chi connectivity index (χ0v) is 17.6. The van der Waals surface area contributed by atoms with E-state index in [4.69, 9.17) is 11.6 Å². The van der Waals surface area contributed by atoms with E-state index in [-0.39, 0.29) is 31.5 Å². The Morgan fingerprint density at radius 3 is 2.52 bits per heavy atom. The summed E-state index contributed by atoms with van der Waals surface area (Å²) in [5, 5.41) is 12.0. The lowest BCUT2D eigenvalue weighted by atomic mass is 10.1. The third kappa shape index (κ3) is 5.93. The average molecular weight is 491 g/mol. The summed E-state index contributed by atoms with van der Waals surface area (Å²) in [6.45, 7) is 0. The van der Waals surface area contributed by atoms with Gasteiger partial charge in [0.2, 0.25) is 11.0 Å². The molecule has 0 unspecified atom stereocenters. The number of thioether (sulfide) groups is 1. The molecule has 1 aromatic heterocycles. The van der Waals surface area contributed by atoms with Gasteiger partial charge in [0.15, 0.2) is 4.34 Å². The number of anilines is 2. The Hall–Kier alpha value is -2.70. The Morgan fingerprint density at radius 1 is 1.06 bits per heavy atom. The summed E-state index contributed by atoms with van der Waals surface area (Å²) in [7, 11) is 0. The Morgan fingerprint density at radius 2 is 1.81 bits per heavy atom. The molecule has 0 saturated carbocycles. The SMILES string of the molecule is O=C(CSc1nnc(NC(=O)c2c(F)cccc2Cl)s1)Nc1ccccc1C(F)(F)F. The predicted octanol–water partition coefficient (Wildman–Crippen LogP) is 5.33. The number of hydrogen-bond donors (Lipinski definition) is 2. The molecule has 3 aromatic rings. The minimum absolute atomic E-state index is 0.0367. The average Bonchev–Trinajstić information content (AvgIpc) is 3.13. The number of benzene rings is 2. The van der Waals surface area contributed by atoms with Crippen LogP contribution in [-0.2, 0) is 11.0 Å². The van der Waals surface area contributed by atoms with Gasteiger partial charge in [-0.1, -0.05) is 52.9 Å². The lowest BCUT2D eigenvalue weighted by Crippen LogP contribution is -2.18. The first-order valence-corrected chi connectivity index (χ1v) is 10.5. The molecule has 0 fully saturated rings. The van der Waals surface area contributed by atoms with Gasteiger partial charge in [0, 0.05) is 0 Å². The number of para-hydroxylation sites is 1. The summed E-state index contributed by atoms with van der Waals surface area (Å²) >= 11 is 7.65. The van der Waals surface area contributed by atoms with Gasteiger partial charge >= 0.3 is 6.18 Å². The summed E-state index contributed by atoms with van der Waals surface area (Å²) in [5.41, 5.74) is -1.66. The van der Waals surface area contributed by atoms with Gasteiger partial charge in [0.05, 0.1) is 27.6 Å². The number of hydrogen-bond acceptors (Lipinski definition) is 6. The normalized spacial score (nSPS) is 11.3. The Balaban J connectivity index is 1.59. The van der Waals surface area contributed by atoms with E-state index < -0.39 is 29.4 Å². The molecule has 6 nitrogen and oxygen atoms in total. The van der Waals surface area contributed by atoms with E-state index in [1.807, 2.05) is 0 Å². The molecule has 0 bridgehead atoms. The van der Waals surface area contributed by atoms with E-state index in [1.54, 1.807) is 0 Å². The largest absolute Gasteiger partial charge is 0.418 e. The number of aromatic nitrogens is 2. The van der Waals surface area contributed by atoms with Crippen LogP contribution in [0.4, 0.5) is 28.4 Å². The number of alkyl halides is 3. The van der Waals surface area contributed by atoms with Crippen LogP contribution in [0.1, 0.15) is 15.9 Å². The highest BCUT2D eigenvalue weighted by Crippen LogP contribution is 2.35. The van der Waals surface area contributed by atoms with Crippen molar-refractivity contribution in [1.82, 2.24) is 10.2 Å². The molecule has 162 valence electrons. The van der Waals surface area contributed by atoms with E-state index in [0.29, 0.717) is 0 Å². The number of nitrogens with one attached hydrogen (secondary N) is 2. The standard InChI is InChI=1S/C18H11ClF4N4O2S2/c19-10-5-3-6-11(20)14(10)15(29)25-16-26-27-17(31-16)30-8-13(28)24-12-7-2-1-4-9(12)18(21,22)23/h1-7H,8H2,(H,24,28)(H,25,26,29). The first-order chi connectivity index (χ1) is 14.6. The van der Waals surface area contributed by atoms with Gasteiger partial charge in [-0.05, 0) is 24.3 Å². The zero-order valence-electron chi connectivity index (χ0n) is 15.2. The Kier molecular flexibility index (Phi) is 7.13. The van der Waals surface area contributed by atoms with Crippen LogP contribution in [0.5, 0.6) is 0 Å². The maximum Gasteiger partial charge on any atom is 0.418 e. The molecule has 3 rings (SSSR count). The summed E-state index contributed by atoms with van der Waals surface area (Å²) in [6.07, 6.45) is -4.61. The lowest BCUT2D eigenvalue weighted by Gasteiger charge is -2.13. The Labute approximate surface area is 186 Å². The second-order valence-electron chi connectivity index (χ2n) is 5.80. The minimum Gasteiger partial charge on any atom is -0.325 e. The molecule has 2 amide bonds. The van der Waals surface area contributed by atoms with Crippen molar-refractivity contribution in [2.75, 3.05) is 16.4 Å². The molecule has 0 saturated heterocycles. The van der Waals surface area contributed by atoms with Crippen molar-refractivity contribution >= 4 is 57.3 Å². The second kappa shape index (κ2) is 9.62. The zero-order chi connectivity index (χ0) is 22.6. The molecule has 0 aliphatic heterocycles. The fourth-order valence-corrected chi connectivity index (χ4v) is 4.14. The van der Waals surface area contributed by atoms with Crippen molar-refractivity contribution in [1.29, 1.82) is 0 Å². The predicted molar refractivity (Wildman–Crippen MR) is 110 cm³/mol. The van der Waals surface area contributed by atoms with Crippen LogP contribution in [0.2, 0.25) is 5.02 Å². The van der Waals surface area contributed by atoms with E-state index in [9.17, 15) is 27.2 Å². The van der Waals surface area contributed by atoms with Gasteiger partial charge in [-0.3, -0.25) is 14.9 Å². The summed E-state index contributed by atoms with van der Waals surface area (Å²) < 4.78 is 53.0. The summed E-state index contributed by atoms with van der Waals surface area (Å²) in [4.78, 5) is 24.2. The molecule has 0 atom stereocenters. The van der Waals surface area contributed by atoms with Gasteiger partial charge in [-0.2, -0.15) is 13.2 Å². The van der Waals surface area contributed by atoms with E-state index >= 15 is 0 Å². The number of halogens is 5. The van der Waals surface area contributed by atoms with Gasteiger partial charge in [0.25, 0.3) is 5.91 Å². The van der Waals surface area contributed by atoms with Crippen LogP contribution in [0.25, 0.3) is 0 Å². The smallest absolute Gasteiger partial charge is 0.325 e. The molecular formula is C18H11ClF4N4O2S2.